The topological polar surface area (TPSA) is 62.4 Å². The Hall–Kier alpha value is -2.44. The van der Waals surface area contributed by atoms with Crippen LogP contribution < -0.4 is 20.9 Å². The molecule has 0 bridgehead atoms. The van der Waals surface area contributed by atoms with Gasteiger partial charge in [-0.15, -0.1) is 0 Å². The van der Waals surface area contributed by atoms with Crippen molar-refractivity contribution in [2.45, 2.75) is 18.9 Å². The molecule has 0 aliphatic carbocycles. The van der Waals surface area contributed by atoms with Crippen molar-refractivity contribution in [2.75, 3.05) is 20.2 Å². The van der Waals surface area contributed by atoms with E-state index in [0.29, 0.717) is 5.75 Å². The number of hydrogen-bond acceptors (Lipinski definition) is 4. The van der Waals surface area contributed by atoms with Crippen LogP contribution in [0.5, 0.6) is 5.75 Å². The lowest BCUT2D eigenvalue weighted by Crippen LogP contribution is -2.27. The molecule has 1 aliphatic rings. The monoisotopic (exact) mass is 343 g/mol. The van der Waals surface area contributed by atoms with Gasteiger partial charge in [0, 0.05) is 19.0 Å². The van der Waals surface area contributed by atoms with Crippen molar-refractivity contribution in [3.63, 3.8) is 0 Å². The van der Waals surface area contributed by atoms with E-state index in [0.717, 1.165) is 24.2 Å². The molecule has 1 aliphatic heterocycles. The molecule has 132 valence electrons. The zero-order valence-electron chi connectivity index (χ0n) is 14.3. The number of methoxy groups -OCH3 is 1. The number of hydrogen-bond donors (Lipinski definition) is 3. The first kappa shape index (κ1) is 17.4. The lowest BCUT2D eigenvalue weighted by atomic mass is 9.98. The maximum atomic E-state index is 14.4. The fraction of sp³-hybridized carbons (Fsp3) is 0.316. The fourth-order valence-electron chi connectivity index (χ4n) is 2.94. The van der Waals surface area contributed by atoms with E-state index in [4.69, 9.17) is 4.74 Å². The van der Waals surface area contributed by atoms with E-state index in [1.165, 1.54) is 6.07 Å². The van der Waals surface area contributed by atoms with Crippen LogP contribution >= 0.6 is 0 Å². The Morgan fingerprint density at radius 1 is 1.24 bits per heavy atom. The molecule has 1 heterocycles. The summed E-state index contributed by atoms with van der Waals surface area (Å²) in [5.41, 5.74) is 7.87. The molecule has 6 heteroatoms. The lowest BCUT2D eigenvalue weighted by molar-refractivity contribution is 0.0935. The van der Waals surface area contributed by atoms with Gasteiger partial charge in [0.15, 0.2) is 0 Å². The molecule has 3 rings (SSSR count). The molecule has 1 atom stereocenters. The number of nitrogens with one attached hydrogen (secondary N) is 3. The molecule has 0 unspecified atom stereocenters. The number of carbonyl (C=O) groups is 1. The molecule has 1 fully saturated rings. The van der Waals surface area contributed by atoms with Gasteiger partial charge in [0.2, 0.25) is 0 Å². The van der Waals surface area contributed by atoms with Gasteiger partial charge >= 0.3 is 0 Å². The molecule has 0 aromatic heterocycles. The Morgan fingerprint density at radius 2 is 2.00 bits per heavy atom. The van der Waals surface area contributed by atoms with Gasteiger partial charge in [-0.1, -0.05) is 18.2 Å². The number of ether oxygens (including phenoxy) is 1. The van der Waals surface area contributed by atoms with Crippen LogP contribution in [0, 0.1) is 5.82 Å². The zero-order chi connectivity index (χ0) is 17.8. The van der Waals surface area contributed by atoms with E-state index < -0.39 is 11.7 Å². The van der Waals surface area contributed by atoms with Crippen LogP contribution in [0.4, 0.5) is 4.39 Å². The van der Waals surface area contributed by atoms with E-state index in [1.807, 2.05) is 37.3 Å². The number of rotatable bonds is 5. The minimum Gasteiger partial charge on any atom is -0.497 e. The predicted molar refractivity (Wildman–Crippen MR) is 94.0 cm³/mol. The summed E-state index contributed by atoms with van der Waals surface area (Å²) in [7, 11) is 1.59. The third-order valence-electron chi connectivity index (χ3n) is 4.47. The third-order valence-corrected chi connectivity index (χ3v) is 4.47. The average molecular weight is 343 g/mol. The summed E-state index contributed by atoms with van der Waals surface area (Å²) in [6.07, 6.45) is 0. The standard InChI is InChI=1S/C19H22FN3O2/c1-12(13-4-3-5-16(8-13)25-2)23-19(24)17-7-6-14(9-18(17)20)15-10-21-22-11-15/h3-9,12,15,21-22H,10-11H2,1-2H3,(H,23,24)/t12-/m1/s1. The van der Waals surface area contributed by atoms with Crippen LogP contribution in [0.3, 0.4) is 0 Å². The molecular weight excluding hydrogens is 321 g/mol. The van der Waals surface area contributed by atoms with E-state index in [2.05, 4.69) is 16.2 Å². The first-order valence-electron chi connectivity index (χ1n) is 8.28. The molecular formula is C19H22FN3O2. The van der Waals surface area contributed by atoms with Crippen LogP contribution in [0.1, 0.15) is 40.4 Å². The van der Waals surface area contributed by atoms with Crippen molar-refractivity contribution in [3.8, 4) is 5.75 Å². The Labute approximate surface area is 146 Å². The Morgan fingerprint density at radius 3 is 2.68 bits per heavy atom. The van der Waals surface area contributed by atoms with Gasteiger partial charge in [-0.05, 0) is 42.3 Å². The number of benzene rings is 2. The van der Waals surface area contributed by atoms with Crippen molar-refractivity contribution in [2.24, 2.45) is 0 Å². The van der Waals surface area contributed by atoms with E-state index in [9.17, 15) is 9.18 Å². The highest BCUT2D eigenvalue weighted by Crippen LogP contribution is 2.22. The second-order valence-electron chi connectivity index (χ2n) is 6.17. The van der Waals surface area contributed by atoms with Gasteiger partial charge < -0.3 is 10.1 Å². The van der Waals surface area contributed by atoms with Gasteiger partial charge in [0.1, 0.15) is 11.6 Å². The van der Waals surface area contributed by atoms with Crippen molar-refractivity contribution in [1.29, 1.82) is 0 Å². The summed E-state index contributed by atoms with van der Waals surface area (Å²) in [4.78, 5) is 12.4. The first-order chi connectivity index (χ1) is 12.1. The molecule has 1 saturated heterocycles. The SMILES string of the molecule is COc1cccc([C@@H](C)NC(=O)c2ccc(C3CNNC3)cc2F)c1. The van der Waals surface area contributed by atoms with Gasteiger partial charge in [-0.2, -0.15) is 0 Å². The van der Waals surface area contributed by atoms with Gasteiger partial charge in [-0.25, -0.2) is 4.39 Å². The third kappa shape index (κ3) is 3.97. The van der Waals surface area contributed by atoms with E-state index in [1.54, 1.807) is 13.2 Å². The molecule has 0 spiro atoms. The molecule has 3 N–H and O–H groups in total. The minimum absolute atomic E-state index is 0.0532. The second kappa shape index (κ2) is 7.63. The Bertz CT molecular complexity index is 760. The molecule has 25 heavy (non-hydrogen) atoms. The summed E-state index contributed by atoms with van der Waals surface area (Å²) < 4.78 is 19.6. The lowest BCUT2D eigenvalue weighted by Gasteiger charge is -2.16. The Kier molecular flexibility index (Phi) is 5.31. The van der Waals surface area contributed by atoms with Crippen LogP contribution in [0.15, 0.2) is 42.5 Å². The van der Waals surface area contributed by atoms with Crippen molar-refractivity contribution < 1.29 is 13.9 Å². The van der Waals surface area contributed by atoms with Gasteiger partial charge in [-0.3, -0.25) is 15.6 Å². The van der Waals surface area contributed by atoms with Crippen LogP contribution in [0.25, 0.3) is 0 Å². The molecule has 0 saturated carbocycles. The number of hydrazine groups is 1. The van der Waals surface area contributed by atoms with E-state index >= 15 is 0 Å². The molecule has 2 aromatic carbocycles. The quantitative estimate of drug-likeness (QED) is 0.781. The van der Waals surface area contributed by atoms with Crippen LogP contribution in [0.2, 0.25) is 0 Å². The van der Waals surface area contributed by atoms with Crippen molar-refractivity contribution in [1.82, 2.24) is 16.2 Å². The summed E-state index contributed by atoms with van der Waals surface area (Å²) in [6.45, 7) is 3.35. The number of carbonyl (C=O) groups excluding carboxylic acids is 1. The van der Waals surface area contributed by atoms with Crippen molar-refractivity contribution in [3.05, 3.63) is 65.0 Å². The average Bonchev–Trinajstić information content (AvgIpc) is 3.16. The Balaban J connectivity index is 1.71. The summed E-state index contributed by atoms with van der Waals surface area (Å²) >= 11 is 0. The zero-order valence-corrected chi connectivity index (χ0v) is 14.3. The summed E-state index contributed by atoms with van der Waals surface area (Å²) in [6, 6.07) is 12.0. The molecule has 0 radical (unpaired) electrons. The maximum absolute atomic E-state index is 14.4. The van der Waals surface area contributed by atoms with Crippen molar-refractivity contribution >= 4 is 5.91 Å². The van der Waals surface area contributed by atoms with Gasteiger partial charge in [0.05, 0.1) is 18.7 Å². The highest BCUT2D eigenvalue weighted by Gasteiger charge is 2.20. The van der Waals surface area contributed by atoms with E-state index in [-0.39, 0.29) is 17.5 Å². The fourth-order valence-corrected chi connectivity index (χ4v) is 2.94. The number of amides is 1. The second-order valence-corrected chi connectivity index (χ2v) is 6.17. The largest absolute Gasteiger partial charge is 0.497 e. The van der Waals surface area contributed by atoms with Crippen LogP contribution in [-0.4, -0.2) is 26.1 Å². The molecule has 5 nitrogen and oxygen atoms in total. The normalized spacial score (nSPS) is 15.8. The van der Waals surface area contributed by atoms with Gasteiger partial charge in [0.25, 0.3) is 5.91 Å². The maximum Gasteiger partial charge on any atom is 0.254 e. The summed E-state index contributed by atoms with van der Waals surface area (Å²) in [5, 5.41) is 2.83. The molecule has 1 amide bonds. The molecule has 2 aromatic rings. The minimum atomic E-state index is -0.500. The number of halogens is 1. The predicted octanol–water partition coefficient (Wildman–Crippen LogP) is 2.52. The van der Waals surface area contributed by atoms with Crippen LogP contribution in [-0.2, 0) is 0 Å². The highest BCUT2D eigenvalue weighted by atomic mass is 19.1. The first-order valence-corrected chi connectivity index (χ1v) is 8.28. The highest BCUT2D eigenvalue weighted by molar-refractivity contribution is 5.94. The summed E-state index contributed by atoms with van der Waals surface area (Å²) in [5.74, 6) is -0.00276. The smallest absolute Gasteiger partial charge is 0.254 e.